The van der Waals surface area contributed by atoms with Crippen molar-refractivity contribution in [3.63, 3.8) is 0 Å². The molecule has 9 nitrogen and oxygen atoms in total. The number of aliphatic carboxylic acids is 1. The molecule has 0 fully saturated rings. The van der Waals surface area contributed by atoms with Gasteiger partial charge >= 0.3 is 5.97 Å². The van der Waals surface area contributed by atoms with E-state index in [9.17, 15) is 34.5 Å². The van der Waals surface area contributed by atoms with Crippen LogP contribution < -0.4 is 5.73 Å². The van der Waals surface area contributed by atoms with Gasteiger partial charge in [0, 0.05) is 23.6 Å². The highest BCUT2D eigenvalue weighted by molar-refractivity contribution is 6.30. The average Bonchev–Trinajstić information content (AvgIpc) is 2.67. The van der Waals surface area contributed by atoms with Crippen molar-refractivity contribution in [1.82, 2.24) is 0 Å². The van der Waals surface area contributed by atoms with Gasteiger partial charge in [-0.2, -0.15) is 0 Å². The lowest BCUT2D eigenvalue weighted by molar-refractivity contribution is -0.138. The Balaban J connectivity index is 0.000000266. The van der Waals surface area contributed by atoms with E-state index >= 15 is 0 Å². The molecule has 28 heavy (non-hydrogen) atoms. The number of carbonyl (C=O) groups excluding carboxylic acids is 3. The van der Waals surface area contributed by atoms with E-state index < -0.39 is 34.8 Å². The van der Waals surface area contributed by atoms with Crippen molar-refractivity contribution in [2.45, 2.75) is 12.8 Å². The molecule has 0 saturated carbocycles. The molecule has 9 heteroatoms. The summed E-state index contributed by atoms with van der Waals surface area (Å²) in [5, 5.41) is 37.0. The van der Waals surface area contributed by atoms with Gasteiger partial charge in [0.2, 0.25) is 0 Å². The van der Waals surface area contributed by atoms with Gasteiger partial charge in [0.1, 0.15) is 11.5 Å². The van der Waals surface area contributed by atoms with Crippen LogP contribution in [-0.2, 0) is 9.59 Å². The van der Waals surface area contributed by atoms with Crippen LogP contribution in [0.2, 0.25) is 0 Å². The molecule has 3 rings (SSSR count). The fourth-order valence-electron chi connectivity index (χ4n) is 2.59. The molecule has 0 aromatic heterocycles. The third kappa shape index (κ3) is 3.99. The third-order valence-electron chi connectivity index (χ3n) is 3.97. The van der Waals surface area contributed by atoms with E-state index in [2.05, 4.69) is 0 Å². The number of carboxylic acids is 1. The SMILES string of the molecule is NCC(=O)CCC(=O)O.O=C1c2ccccc2C(=O)c2c(O)c(O)cc(O)c21. The van der Waals surface area contributed by atoms with Gasteiger partial charge in [0.15, 0.2) is 23.1 Å². The van der Waals surface area contributed by atoms with Crippen molar-refractivity contribution in [2.75, 3.05) is 6.54 Å². The normalized spacial score (nSPS) is 11.8. The van der Waals surface area contributed by atoms with E-state index in [1.807, 2.05) is 0 Å². The molecule has 0 aliphatic heterocycles. The van der Waals surface area contributed by atoms with E-state index in [1.165, 1.54) is 12.1 Å². The molecule has 0 unspecified atom stereocenters. The Morgan fingerprint density at radius 2 is 1.39 bits per heavy atom. The summed E-state index contributed by atoms with van der Waals surface area (Å²) in [4.78, 5) is 44.6. The van der Waals surface area contributed by atoms with Gasteiger partial charge in [0.05, 0.1) is 24.1 Å². The Kier molecular flexibility index (Phi) is 6.11. The molecule has 0 amide bonds. The van der Waals surface area contributed by atoms with E-state index in [-0.39, 0.29) is 47.4 Å². The molecule has 0 radical (unpaired) electrons. The van der Waals surface area contributed by atoms with Crippen LogP contribution in [0.15, 0.2) is 30.3 Å². The van der Waals surface area contributed by atoms with E-state index in [1.54, 1.807) is 12.1 Å². The number of Topliss-reactive ketones (excluding diaryl/α,β-unsaturated/α-hetero) is 1. The highest BCUT2D eigenvalue weighted by Crippen LogP contribution is 2.42. The number of ketones is 3. The summed E-state index contributed by atoms with van der Waals surface area (Å²) in [6.45, 7) is -0.0622. The first kappa shape index (κ1) is 20.6. The Hall–Kier alpha value is -3.72. The second-order valence-electron chi connectivity index (χ2n) is 5.85. The number of carboxylic acid groups (broad SMARTS) is 1. The predicted molar refractivity (Wildman–Crippen MR) is 95.7 cm³/mol. The second-order valence-corrected chi connectivity index (χ2v) is 5.85. The minimum absolute atomic E-state index is 0.0475. The van der Waals surface area contributed by atoms with Crippen molar-refractivity contribution in [2.24, 2.45) is 5.73 Å². The van der Waals surface area contributed by atoms with Crippen LogP contribution in [-0.4, -0.2) is 50.3 Å². The van der Waals surface area contributed by atoms with Crippen LogP contribution in [0.4, 0.5) is 0 Å². The minimum atomic E-state index is -0.961. The zero-order valence-corrected chi connectivity index (χ0v) is 14.5. The summed E-state index contributed by atoms with van der Waals surface area (Å²) in [6, 6.07) is 6.97. The molecule has 0 spiro atoms. The topological polar surface area (TPSA) is 175 Å². The molecule has 0 saturated heterocycles. The summed E-state index contributed by atoms with van der Waals surface area (Å²) < 4.78 is 0. The van der Waals surface area contributed by atoms with Crippen molar-refractivity contribution >= 4 is 23.3 Å². The summed E-state index contributed by atoms with van der Waals surface area (Å²) in [5.41, 5.74) is 4.58. The van der Waals surface area contributed by atoms with Crippen LogP contribution in [0, 0.1) is 0 Å². The summed E-state index contributed by atoms with van der Waals surface area (Å²) >= 11 is 0. The molecule has 0 atom stereocenters. The number of hydrogen-bond donors (Lipinski definition) is 5. The van der Waals surface area contributed by atoms with Crippen molar-refractivity contribution < 1.29 is 39.6 Å². The Labute approximate surface area is 158 Å². The van der Waals surface area contributed by atoms with Crippen LogP contribution in [0.1, 0.15) is 44.7 Å². The molecule has 6 N–H and O–H groups in total. The lowest BCUT2D eigenvalue weighted by Crippen LogP contribution is -2.21. The lowest BCUT2D eigenvalue weighted by Gasteiger charge is -2.19. The maximum absolute atomic E-state index is 12.2. The number of fused-ring (bicyclic) bond motifs is 2. The first-order valence-corrected chi connectivity index (χ1v) is 8.08. The highest BCUT2D eigenvalue weighted by atomic mass is 16.4. The second kappa shape index (κ2) is 8.31. The number of aromatic hydroxyl groups is 3. The quantitative estimate of drug-likeness (QED) is 0.322. The molecule has 1 aliphatic rings. The van der Waals surface area contributed by atoms with Crippen molar-refractivity contribution in [3.05, 3.63) is 52.6 Å². The van der Waals surface area contributed by atoms with Crippen LogP contribution >= 0.6 is 0 Å². The first-order chi connectivity index (χ1) is 13.2. The standard InChI is InChI=1S/C14H8O5.C5H9NO3/c15-8-5-9(16)14(19)11-10(8)12(17)6-3-1-2-4-7(6)13(11)18;6-3-4(7)1-2-5(8)9/h1-5,15-16,19H;1-3,6H2,(H,8,9). The van der Waals surface area contributed by atoms with E-state index in [0.717, 1.165) is 6.07 Å². The molecule has 1 aliphatic carbocycles. The Morgan fingerprint density at radius 1 is 0.857 bits per heavy atom. The lowest BCUT2D eigenvalue weighted by atomic mass is 9.83. The zero-order valence-electron chi connectivity index (χ0n) is 14.5. The number of phenols is 3. The molecular formula is C19H17NO8. The molecule has 2 aromatic rings. The van der Waals surface area contributed by atoms with Gasteiger partial charge in [0.25, 0.3) is 0 Å². The van der Waals surface area contributed by atoms with E-state index in [4.69, 9.17) is 10.8 Å². The van der Waals surface area contributed by atoms with E-state index in [0.29, 0.717) is 0 Å². The maximum atomic E-state index is 12.2. The maximum Gasteiger partial charge on any atom is 0.303 e. The van der Waals surface area contributed by atoms with Gasteiger partial charge in [-0.05, 0) is 0 Å². The Bertz CT molecular complexity index is 980. The molecule has 0 bridgehead atoms. The number of hydrogen-bond acceptors (Lipinski definition) is 8. The van der Waals surface area contributed by atoms with Gasteiger partial charge in [-0.15, -0.1) is 0 Å². The monoisotopic (exact) mass is 387 g/mol. The van der Waals surface area contributed by atoms with Gasteiger partial charge in [-0.3, -0.25) is 19.2 Å². The first-order valence-electron chi connectivity index (χ1n) is 8.08. The summed E-state index contributed by atoms with van der Waals surface area (Å²) in [5.74, 6) is -4.20. The number of carbonyl (C=O) groups is 4. The van der Waals surface area contributed by atoms with Crippen LogP contribution in [0.25, 0.3) is 0 Å². The van der Waals surface area contributed by atoms with Crippen molar-refractivity contribution in [1.29, 1.82) is 0 Å². The minimum Gasteiger partial charge on any atom is -0.507 e. The number of phenolic OH excluding ortho intramolecular Hbond substituents is 3. The predicted octanol–water partition coefficient (Wildman–Crippen LogP) is 0.958. The zero-order chi connectivity index (χ0) is 21.0. The van der Waals surface area contributed by atoms with Gasteiger partial charge < -0.3 is 26.2 Å². The highest BCUT2D eigenvalue weighted by Gasteiger charge is 2.35. The molecule has 0 heterocycles. The van der Waals surface area contributed by atoms with Crippen molar-refractivity contribution in [3.8, 4) is 17.2 Å². The molecular weight excluding hydrogens is 370 g/mol. The van der Waals surface area contributed by atoms with Crippen LogP contribution in [0.3, 0.4) is 0 Å². The smallest absolute Gasteiger partial charge is 0.303 e. The fourth-order valence-corrected chi connectivity index (χ4v) is 2.59. The van der Waals surface area contributed by atoms with Gasteiger partial charge in [-0.25, -0.2) is 0 Å². The number of rotatable bonds is 4. The summed E-state index contributed by atoms with van der Waals surface area (Å²) in [6.07, 6.45) is -0.0676. The fraction of sp³-hybridized carbons (Fsp3) is 0.158. The number of nitrogens with two attached hydrogens (primary N) is 1. The third-order valence-corrected chi connectivity index (χ3v) is 3.97. The average molecular weight is 387 g/mol. The summed E-state index contributed by atoms with van der Waals surface area (Å²) in [7, 11) is 0. The Morgan fingerprint density at radius 3 is 1.89 bits per heavy atom. The largest absolute Gasteiger partial charge is 0.507 e. The van der Waals surface area contributed by atoms with Crippen LogP contribution in [0.5, 0.6) is 17.2 Å². The number of benzene rings is 2. The molecule has 146 valence electrons. The van der Waals surface area contributed by atoms with Gasteiger partial charge in [-0.1, -0.05) is 24.3 Å². The molecule has 2 aromatic carbocycles.